The summed E-state index contributed by atoms with van der Waals surface area (Å²) < 4.78 is 1.92. The van der Waals surface area contributed by atoms with Gasteiger partial charge in [-0.25, -0.2) is 4.98 Å². The maximum Gasteiger partial charge on any atom is 0.182 e. The van der Waals surface area contributed by atoms with E-state index in [1.54, 1.807) is 18.2 Å². The van der Waals surface area contributed by atoms with E-state index in [4.69, 9.17) is 23.2 Å². The molecule has 0 atom stereocenters. The molecule has 0 spiro atoms. The standard InChI is InChI=1S/C15H12Cl2N4/c1-9-3-4-14-18-10(2)15(21(14)8-9)20-19-13-6-11(16)5-12(17)7-13/h3-8H,1-2H3. The lowest BCUT2D eigenvalue weighted by atomic mass is 10.3. The average Bonchev–Trinajstić information content (AvgIpc) is 2.70. The molecule has 0 fully saturated rings. The van der Waals surface area contributed by atoms with Crippen LogP contribution < -0.4 is 0 Å². The molecule has 21 heavy (non-hydrogen) atoms. The van der Waals surface area contributed by atoms with Gasteiger partial charge in [0.25, 0.3) is 0 Å². The molecule has 2 aromatic heterocycles. The van der Waals surface area contributed by atoms with Crippen LogP contribution in [-0.2, 0) is 0 Å². The van der Waals surface area contributed by atoms with Gasteiger partial charge in [0.05, 0.1) is 11.4 Å². The number of pyridine rings is 1. The third-order valence-electron chi connectivity index (χ3n) is 3.02. The van der Waals surface area contributed by atoms with Gasteiger partial charge in [-0.15, -0.1) is 10.2 Å². The van der Waals surface area contributed by atoms with Gasteiger partial charge in [0.15, 0.2) is 5.82 Å². The van der Waals surface area contributed by atoms with Crippen LogP contribution in [0.1, 0.15) is 11.3 Å². The highest BCUT2D eigenvalue weighted by atomic mass is 35.5. The molecule has 0 saturated heterocycles. The Hall–Kier alpha value is -1.91. The van der Waals surface area contributed by atoms with Crippen molar-refractivity contribution < 1.29 is 0 Å². The molecule has 1 aromatic carbocycles. The summed E-state index contributed by atoms with van der Waals surface area (Å²) in [5, 5.41) is 9.56. The number of halogens is 2. The minimum Gasteiger partial charge on any atom is -0.283 e. The number of hydrogen-bond acceptors (Lipinski definition) is 3. The van der Waals surface area contributed by atoms with Crippen LogP contribution in [0.2, 0.25) is 10.0 Å². The quantitative estimate of drug-likeness (QED) is 0.561. The van der Waals surface area contributed by atoms with Gasteiger partial charge in [-0.1, -0.05) is 29.3 Å². The molecule has 3 rings (SSSR count). The van der Waals surface area contributed by atoms with Crippen molar-refractivity contribution in [3.05, 3.63) is 57.8 Å². The summed E-state index contributed by atoms with van der Waals surface area (Å²) in [5.41, 5.74) is 3.39. The van der Waals surface area contributed by atoms with Gasteiger partial charge in [-0.2, -0.15) is 0 Å². The van der Waals surface area contributed by atoms with Crippen LogP contribution in [-0.4, -0.2) is 9.38 Å². The van der Waals surface area contributed by atoms with Gasteiger partial charge in [-0.3, -0.25) is 4.40 Å². The van der Waals surface area contributed by atoms with Crippen molar-refractivity contribution in [2.45, 2.75) is 13.8 Å². The topological polar surface area (TPSA) is 42.0 Å². The second kappa shape index (κ2) is 5.47. The second-order valence-corrected chi connectivity index (χ2v) is 5.66. The van der Waals surface area contributed by atoms with E-state index in [9.17, 15) is 0 Å². The molecule has 0 aliphatic rings. The molecular weight excluding hydrogens is 307 g/mol. The van der Waals surface area contributed by atoms with Crippen LogP contribution in [0.15, 0.2) is 46.8 Å². The summed E-state index contributed by atoms with van der Waals surface area (Å²) in [6.07, 6.45) is 1.98. The van der Waals surface area contributed by atoms with E-state index in [1.807, 2.05) is 36.6 Å². The summed E-state index contributed by atoms with van der Waals surface area (Å²) in [6, 6.07) is 9.05. The lowest BCUT2D eigenvalue weighted by molar-refractivity contribution is 1.08. The molecule has 0 aliphatic heterocycles. The molecule has 3 aromatic rings. The third kappa shape index (κ3) is 2.91. The normalized spacial score (nSPS) is 11.6. The van der Waals surface area contributed by atoms with E-state index in [1.165, 1.54) is 0 Å². The average molecular weight is 319 g/mol. The Kier molecular flexibility index (Phi) is 3.66. The molecule has 2 heterocycles. The predicted molar refractivity (Wildman–Crippen MR) is 85.3 cm³/mol. The van der Waals surface area contributed by atoms with Crippen molar-refractivity contribution in [2.24, 2.45) is 10.2 Å². The molecule has 0 amide bonds. The smallest absolute Gasteiger partial charge is 0.182 e. The van der Waals surface area contributed by atoms with Gasteiger partial charge in [0.2, 0.25) is 0 Å². The molecule has 0 aliphatic carbocycles. The van der Waals surface area contributed by atoms with E-state index < -0.39 is 0 Å². The van der Waals surface area contributed by atoms with E-state index in [0.717, 1.165) is 16.9 Å². The van der Waals surface area contributed by atoms with E-state index in [-0.39, 0.29) is 0 Å². The maximum atomic E-state index is 5.95. The molecule has 0 radical (unpaired) electrons. The lowest BCUT2D eigenvalue weighted by Gasteiger charge is -1.99. The van der Waals surface area contributed by atoms with Gasteiger partial charge in [-0.05, 0) is 43.7 Å². The van der Waals surface area contributed by atoms with Crippen molar-refractivity contribution in [2.75, 3.05) is 0 Å². The Bertz CT molecular complexity index is 832. The first-order valence-corrected chi connectivity index (χ1v) is 7.12. The fourth-order valence-corrected chi connectivity index (χ4v) is 2.59. The Balaban J connectivity index is 2.06. The minimum atomic E-state index is 0.530. The first-order valence-electron chi connectivity index (χ1n) is 6.36. The Labute approximate surface area is 132 Å². The summed E-state index contributed by atoms with van der Waals surface area (Å²) in [5.74, 6) is 0.699. The molecule has 0 saturated carbocycles. The highest BCUT2D eigenvalue weighted by molar-refractivity contribution is 6.35. The number of fused-ring (bicyclic) bond motifs is 1. The fourth-order valence-electron chi connectivity index (χ4n) is 2.08. The monoisotopic (exact) mass is 318 g/mol. The number of hydrogen-bond donors (Lipinski definition) is 0. The fraction of sp³-hybridized carbons (Fsp3) is 0.133. The summed E-state index contributed by atoms with van der Waals surface area (Å²) in [7, 11) is 0. The van der Waals surface area contributed by atoms with Crippen molar-refractivity contribution in [1.29, 1.82) is 0 Å². The highest BCUT2D eigenvalue weighted by Crippen LogP contribution is 2.27. The zero-order valence-electron chi connectivity index (χ0n) is 11.5. The first kappa shape index (κ1) is 14.0. The van der Waals surface area contributed by atoms with E-state index in [0.29, 0.717) is 21.6 Å². The predicted octanol–water partition coefficient (Wildman–Crippen LogP) is 5.67. The zero-order chi connectivity index (χ0) is 15.0. The Morgan fingerprint density at radius 3 is 2.43 bits per heavy atom. The number of azo groups is 1. The molecule has 4 nitrogen and oxygen atoms in total. The summed E-state index contributed by atoms with van der Waals surface area (Å²) >= 11 is 11.9. The van der Waals surface area contributed by atoms with E-state index in [2.05, 4.69) is 15.2 Å². The van der Waals surface area contributed by atoms with Crippen LogP contribution in [0.5, 0.6) is 0 Å². The summed E-state index contributed by atoms with van der Waals surface area (Å²) in [4.78, 5) is 4.46. The van der Waals surface area contributed by atoms with Crippen LogP contribution in [0.4, 0.5) is 11.5 Å². The molecular formula is C15H12Cl2N4. The van der Waals surface area contributed by atoms with Gasteiger partial charge >= 0.3 is 0 Å². The third-order valence-corrected chi connectivity index (χ3v) is 3.45. The molecule has 6 heteroatoms. The van der Waals surface area contributed by atoms with E-state index >= 15 is 0 Å². The second-order valence-electron chi connectivity index (χ2n) is 4.78. The number of aryl methyl sites for hydroxylation is 2. The van der Waals surface area contributed by atoms with Crippen LogP contribution >= 0.6 is 23.2 Å². The summed E-state index contributed by atoms with van der Waals surface area (Å²) in [6.45, 7) is 3.92. The Morgan fingerprint density at radius 1 is 1.00 bits per heavy atom. The number of imidazole rings is 1. The van der Waals surface area contributed by atoms with Crippen molar-refractivity contribution in [3.63, 3.8) is 0 Å². The van der Waals surface area contributed by atoms with Gasteiger partial charge < -0.3 is 0 Å². The SMILES string of the molecule is Cc1ccc2nc(C)c(N=Nc3cc(Cl)cc(Cl)c3)n2c1. The zero-order valence-corrected chi connectivity index (χ0v) is 13.0. The number of nitrogens with zero attached hydrogens (tertiary/aromatic N) is 4. The lowest BCUT2D eigenvalue weighted by Crippen LogP contribution is -1.84. The first-order chi connectivity index (χ1) is 10.0. The van der Waals surface area contributed by atoms with Crippen LogP contribution in [0.25, 0.3) is 5.65 Å². The molecule has 0 unspecified atom stereocenters. The van der Waals surface area contributed by atoms with Crippen LogP contribution in [0.3, 0.4) is 0 Å². The van der Waals surface area contributed by atoms with Crippen molar-refractivity contribution >= 4 is 40.4 Å². The van der Waals surface area contributed by atoms with Gasteiger partial charge in [0, 0.05) is 16.2 Å². The largest absolute Gasteiger partial charge is 0.283 e. The molecule has 0 N–H and O–H groups in total. The van der Waals surface area contributed by atoms with Crippen molar-refractivity contribution in [3.8, 4) is 0 Å². The molecule has 106 valence electrons. The Morgan fingerprint density at radius 2 is 1.71 bits per heavy atom. The highest BCUT2D eigenvalue weighted by Gasteiger charge is 2.08. The maximum absolute atomic E-state index is 5.95. The van der Waals surface area contributed by atoms with Crippen LogP contribution in [0, 0.1) is 13.8 Å². The number of aromatic nitrogens is 2. The number of benzene rings is 1. The van der Waals surface area contributed by atoms with Crippen molar-refractivity contribution in [1.82, 2.24) is 9.38 Å². The van der Waals surface area contributed by atoms with Gasteiger partial charge in [0.1, 0.15) is 5.65 Å². The minimum absolute atomic E-state index is 0.530. The number of rotatable bonds is 2. The molecule has 0 bridgehead atoms.